The minimum absolute atomic E-state index is 0.188. The maximum Gasteiger partial charge on any atom is 0.339 e. The van der Waals surface area contributed by atoms with Gasteiger partial charge < -0.3 is 19.0 Å². The van der Waals surface area contributed by atoms with Crippen LogP contribution in [-0.4, -0.2) is 17.9 Å². The molecule has 98 valence electrons. The van der Waals surface area contributed by atoms with E-state index in [1.165, 1.54) is 0 Å². The molecular weight excluding hydrogens is 248 g/mol. The van der Waals surface area contributed by atoms with Crippen molar-refractivity contribution in [3.63, 3.8) is 0 Å². The van der Waals surface area contributed by atoms with Crippen LogP contribution in [0.15, 0.2) is 22.6 Å². The number of aryl methyl sites for hydroxylation is 2. The minimum atomic E-state index is -0.998. The molecule has 5 heteroatoms. The van der Waals surface area contributed by atoms with Crippen molar-refractivity contribution in [3.8, 4) is 22.6 Å². The minimum Gasteiger partial charge on any atom is -0.478 e. The second-order valence-corrected chi connectivity index (χ2v) is 4.34. The van der Waals surface area contributed by atoms with Crippen molar-refractivity contribution >= 4 is 5.97 Å². The van der Waals surface area contributed by atoms with Crippen LogP contribution in [0.1, 0.15) is 21.9 Å². The second kappa shape index (κ2) is 4.05. The van der Waals surface area contributed by atoms with E-state index in [1.807, 2.05) is 0 Å². The number of ether oxygens (including phenoxy) is 2. The summed E-state index contributed by atoms with van der Waals surface area (Å²) >= 11 is 0. The van der Waals surface area contributed by atoms with E-state index in [0.717, 1.165) is 5.56 Å². The van der Waals surface area contributed by atoms with Crippen molar-refractivity contribution in [3.05, 3.63) is 35.3 Å². The number of carboxylic acid groups (broad SMARTS) is 1. The predicted molar refractivity (Wildman–Crippen MR) is 66.7 cm³/mol. The number of hydrogen-bond acceptors (Lipinski definition) is 4. The van der Waals surface area contributed by atoms with Crippen molar-refractivity contribution in [2.45, 2.75) is 13.8 Å². The predicted octanol–water partition coefficient (Wildman–Crippen LogP) is 2.99. The molecule has 0 atom stereocenters. The molecule has 0 saturated carbocycles. The molecule has 0 radical (unpaired) electrons. The summed E-state index contributed by atoms with van der Waals surface area (Å²) in [5, 5.41) is 9.30. The van der Waals surface area contributed by atoms with Crippen molar-refractivity contribution in [1.29, 1.82) is 0 Å². The lowest BCUT2D eigenvalue weighted by Crippen LogP contribution is -1.99. The third-order valence-electron chi connectivity index (χ3n) is 3.14. The Hall–Kier alpha value is -2.43. The molecule has 1 aliphatic rings. The highest BCUT2D eigenvalue weighted by molar-refractivity contribution is 5.98. The summed E-state index contributed by atoms with van der Waals surface area (Å²) in [5.74, 6) is 1.26. The molecule has 2 aromatic rings. The molecule has 0 bridgehead atoms. The molecular formula is C14H12O5. The monoisotopic (exact) mass is 260 g/mol. The van der Waals surface area contributed by atoms with E-state index < -0.39 is 5.97 Å². The summed E-state index contributed by atoms with van der Waals surface area (Å²) in [4.78, 5) is 11.3. The summed E-state index contributed by atoms with van der Waals surface area (Å²) in [6, 6.07) is 5.34. The Bertz CT molecular complexity index is 669. The van der Waals surface area contributed by atoms with E-state index in [9.17, 15) is 9.90 Å². The number of rotatable bonds is 2. The molecule has 0 aliphatic carbocycles. The van der Waals surface area contributed by atoms with E-state index in [-0.39, 0.29) is 12.4 Å². The van der Waals surface area contributed by atoms with Gasteiger partial charge in [-0.15, -0.1) is 0 Å². The Kier molecular flexibility index (Phi) is 2.48. The van der Waals surface area contributed by atoms with Crippen LogP contribution in [0.25, 0.3) is 11.1 Å². The van der Waals surface area contributed by atoms with Gasteiger partial charge in [0.15, 0.2) is 11.5 Å². The van der Waals surface area contributed by atoms with Crippen LogP contribution in [0.2, 0.25) is 0 Å². The first kappa shape index (κ1) is 11.6. The van der Waals surface area contributed by atoms with Gasteiger partial charge in [-0.2, -0.15) is 0 Å². The highest BCUT2D eigenvalue weighted by Crippen LogP contribution is 2.39. The topological polar surface area (TPSA) is 68.9 Å². The quantitative estimate of drug-likeness (QED) is 0.898. The molecule has 0 unspecified atom stereocenters. The molecule has 1 aromatic heterocycles. The van der Waals surface area contributed by atoms with Gasteiger partial charge in [0.05, 0.1) is 0 Å². The lowest BCUT2D eigenvalue weighted by atomic mass is 10.00. The molecule has 5 nitrogen and oxygen atoms in total. The zero-order valence-corrected chi connectivity index (χ0v) is 10.5. The van der Waals surface area contributed by atoms with Crippen LogP contribution in [0, 0.1) is 13.8 Å². The fourth-order valence-corrected chi connectivity index (χ4v) is 2.34. The number of furan rings is 1. The first-order chi connectivity index (χ1) is 9.08. The van der Waals surface area contributed by atoms with Crippen molar-refractivity contribution in [2.24, 2.45) is 0 Å². The number of carboxylic acids is 1. The van der Waals surface area contributed by atoms with Crippen molar-refractivity contribution in [1.82, 2.24) is 0 Å². The maximum absolute atomic E-state index is 11.3. The number of fused-ring (bicyclic) bond motifs is 1. The summed E-state index contributed by atoms with van der Waals surface area (Å²) in [5.41, 5.74) is 1.52. The van der Waals surface area contributed by atoms with Crippen molar-refractivity contribution in [2.75, 3.05) is 6.79 Å². The van der Waals surface area contributed by atoms with Gasteiger partial charge in [-0.05, 0) is 31.5 Å². The van der Waals surface area contributed by atoms with E-state index in [0.29, 0.717) is 28.6 Å². The molecule has 1 N–H and O–H groups in total. The fourth-order valence-electron chi connectivity index (χ4n) is 2.34. The van der Waals surface area contributed by atoms with E-state index in [2.05, 4.69) is 0 Å². The fraction of sp³-hybridized carbons (Fsp3) is 0.214. The molecule has 2 heterocycles. The first-order valence-electron chi connectivity index (χ1n) is 5.81. The lowest BCUT2D eigenvalue weighted by Gasteiger charge is -2.03. The largest absolute Gasteiger partial charge is 0.478 e. The molecule has 1 aliphatic heterocycles. The maximum atomic E-state index is 11.3. The zero-order chi connectivity index (χ0) is 13.6. The van der Waals surface area contributed by atoms with Gasteiger partial charge in [-0.25, -0.2) is 4.79 Å². The number of benzene rings is 1. The van der Waals surface area contributed by atoms with Crippen LogP contribution in [0.5, 0.6) is 11.5 Å². The second-order valence-electron chi connectivity index (χ2n) is 4.34. The van der Waals surface area contributed by atoms with Gasteiger partial charge in [0.1, 0.15) is 17.1 Å². The SMILES string of the molecule is Cc1oc(C)c(-c2ccc3c(c2)OCO3)c1C(=O)O. The average Bonchev–Trinajstić information content (AvgIpc) is 2.91. The number of hydrogen-bond donors (Lipinski definition) is 1. The normalized spacial score (nSPS) is 12.7. The van der Waals surface area contributed by atoms with Crippen LogP contribution in [0.3, 0.4) is 0 Å². The highest BCUT2D eigenvalue weighted by atomic mass is 16.7. The first-order valence-corrected chi connectivity index (χ1v) is 5.81. The third kappa shape index (κ3) is 1.74. The van der Waals surface area contributed by atoms with E-state index >= 15 is 0 Å². The highest BCUT2D eigenvalue weighted by Gasteiger charge is 2.24. The Morgan fingerprint density at radius 3 is 2.63 bits per heavy atom. The Labute approximate surface area is 109 Å². The van der Waals surface area contributed by atoms with Gasteiger partial charge >= 0.3 is 5.97 Å². The van der Waals surface area contributed by atoms with Crippen molar-refractivity contribution < 1.29 is 23.8 Å². The van der Waals surface area contributed by atoms with Crippen LogP contribution >= 0.6 is 0 Å². The Morgan fingerprint density at radius 1 is 1.16 bits per heavy atom. The number of carbonyl (C=O) groups is 1. The van der Waals surface area contributed by atoms with Gasteiger partial charge in [-0.1, -0.05) is 6.07 Å². The summed E-state index contributed by atoms with van der Waals surface area (Å²) < 4.78 is 16.0. The average molecular weight is 260 g/mol. The molecule has 1 aromatic carbocycles. The molecule has 0 saturated heterocycles. The van der Waals surface area contributed by atoms with E-state index in [1.54, 1.807) is 32.0 Å². The zero-order valence-electron chi connectivity index (χ0n) is 10.5. The van der Waals surface area contributed by atoms with Gasteiger partial charge in [-0.3, -0.25) is 0 Å². The lowest BCUT2D eigenvalue weighted by molar-refractivity contribution is 0.0696. The summed E-state index contributed by atoms with van der Waals surface area (Å²) in [6.07, 6.45) is 0. The van der Waals surface area contributed by atoms with Gasteiger partial charge in [0.25, 0.3) is 0 Å². The Morgan fingerprint density at radius 2 is 1.89 bits per heavy atom. The van der Waals surface area contributed by atoms with Crippen LogP contribution in [-0.2, 0) is 0 Å². The third-order valence-corrected chi connectivity index (χ3v) is 3.14. The van der Waals surface area contributed by atoms with Crippen LogP contribution < -0.4 is 9.47 Å². The molecule has 0 fully saturated rings. The van der Waals surface area contributed by atoms with Gasteiger partial charge in [0, 0.05) is 5.56 Å². The molecule has 0 spiro atoms. The smallest absolute Gasteiger partial charge is 0.339 e. The summed E-state index contributed by atoms with van der Waals surface area (Å²) in [6.45, 7) is 3.58. The molecule has 3 rings (SSSR count). The molecule has 19 heavy (non-hydrogen) atoms. The van der Waals surface area contributed by atoms with E-state index in [4.69, 9.17) is 13.9 Å². The Balaban J connectivity index is 2.19. The van der Waals surface area contributed by atoms with Crippen LogP contribution in [0.4, 0.5) is 0 Å². The molecule has 0 amide bonds. The van der Waals surface area contributed by atoms with Gasteiger partial charge in [0.2, 0.25) is 6.79 Å². The number of aromatic carboxylic acids is 1. The standard InChI is InChI=1S/C14H12O5/c1-7-12(13(14(15)16)8(2)19-7)9-3-4-10-11(5-9)18-6-17-10/h3-5H,6H2,1-2H3,(H,15,16). The summed E-state index contributed by atoms with van der Waals surface area (Å²) in [7, 11) is 0.